The number of amides is 2. The number of hydrogen-bond donors (Lipinski definition) is 2. The van der Waals surface area contributed by atoms with E-state index in [-0.39, 0.29) is 19.1 Å². The predicted octanol–water partition coefficient (Wildman–Crippen LogP) is 1.41. The summed E-state index contributed by atoms with van der Waals surface area (Å²) in [5.41, 5.74) is 0.780. The molecule has 0 aliphatic carbocycles. The van der Waals surface area contributed by atoms with E-state index < -0.39 is 6.09 Å². The Balaban J connectivity index is 2.20. The molecule has 1 heterocycles. The van der Waals surface area contributed by atoms with Gasteiger partial charge in [0, 0.05) is 5.38 Å². The van der Waals surface area contributed by atoms with Crippen LogP contribution in [0.4, 0.5) is 4.79 Å². The second kappa shape index (κ2) is 8.49. The minimum Gasteiger partial charge on any atom is -0.445 e. The molecule has 0 aromatic carbocycles. The van der Waals surface area contributed by atoms with Crippen molar-refractivity contribution >= 4 is 34.9 Å². The van der Waals surface area contributed by atoms with E-state index in [2.05, 4.69) is 26.9 Å². The number of hydrogen-bond acceptors (Lipinski definition) is 5. The number of halogens is 1. The van der Waals surface area contributed by atoms with E-state index in [9.17, 15) is 9.59 Å². The Morgan fingerprint density at radius 3 is 2.95 bits per heavy atom. The maximum absolute atomic E-state index is 11.4. The highest BCUT2D eigenvalue weighted by Crippen LogP contribution is 2.10. The van der Waals surface area contributed by atoms with Gasteiger partial charge in [-0.1, -0.05) is 12.7 Å². The third-order valence-corrected chi connectivity index (χ3v) is 3.07. The van der Waals surface area contributed by atoms with Gasteiger partial charge in [-0.05, 0) is 0 Å². The van der Waals surface area contributed by atoms with Crippen LogP contribution in [-0.4, -0.2) is 30.1 Å². The quantitative estimate of drug-likeness (QED) is 0.589. The fraction of sp³-hybridized carbons (Fsp3) is 0.364. The van der Waals surface area contributed by atoms with E-state index in [0.717, 1.165) is 10.7 Å². The molecule has 8 heteroatoms. The van der Waals surface area contributed by atoms with Crippen LogP contribution < -0.4 is 10.6 Å². The van der Waals surface area contributed by atoms with E-state index in [1.54, 1.807) is 0 Å². The summed E-state index contributed by atoms with van der Waals surface area (Å²) in [6.45, 7) is 3.67. The fourth-order valence-electron chi connectivity index (χ4n) is 1.07. The Morgan fingerprint density at radius 1 is 1.53 bits per heavy atom. The lowest BCUT2D eigenvalue weighted by molar-refractivity contribution is -0.120. The second-order valence-corrected chi connectivity index (χ2v) is 4.59. The number of rotatable bonds is 7. The van der Waals surface area contributed by atoms with Crippen molar-refractivity contribution in [1.82, 2.24) is 15.6 Å². The number of alkyl halides is 1. The molecule has 0 bridgehead atoms. The van der Waals surface area contributed by atoms with Crippen LogP contribution in [0.25, 0.3) is 0 Å². The normalized spacial score (nSPS) is 9.74. The first-order valence-corrected chi connectivity index (χ1v) is 6.84. The number of nitrogens with one attached hydrogen (secondary N) is 2. The molecule has 0 aliphatic heterocycles. The first-order valence-electron chi connectivity index (χ1n) is 5.43. The molecule has 0 fully saturated rings. The van der Waals surface area contributed by atoms with Crippen LogP contribution in [0.1, 0.15) is 10.7 Å². The molecule has 0 spiro atoms. The molecule has 0 saturated heterocycles. The van der Waals surface area contributed by atoms with Gasteiger partial charge in [0.2, 0.25) is 5.91 Å². The first kappa shape index (κ1) is 15.5. The van der Waals surface area contributed by atoms with Crippen LogP contribution in [0.5, 0.6) is 0 Å². The maximum Gasteiger partial charge on any atom is 0.407 e. The molecule has 1 aromatic heterocycles. The van der Waals surface area contributed by atoms with Gasteiger partial charge in [-0.2, -0.15) is 0 Å². The number of alkyl carbamates (subject to hydrolysis) is 1. The number of aromatic nitrogens is 1. The van der Waals surface area contributed by atoms with E-state index in [1.807, 2.05) is 5.38 Å². The Labute approximate surface area is 119 Å². The summed E-state index contributed by atoms with van der Waals surface area (Å²) in [4.78, 5) is 26.6. The average Bonchev–Trinajstić information content (AvgIpc) is 2.88. The number of thiazole rings is 1. The summed E-state index contributed by atoms with van der Waals surface area (Å²) in [6, 6.07) is 0. The summed E-state index contributed by atoms with van der Waals surface area (Å²) < 4.78 is 4.65. The summed E-state index contributed by atoms with van der Waals surface area (Å²) in [5.74, 6) is 0.0272. The molecule has 0 atom stereocenters. The molecule has 6 nitrogen and oxygen atoms in total. The lowest BCUT2D eigenvalue weighted by Crippen LogP contribution is -2.36. The Hall–Kier alpha value is -1.60. The van der Waals surface area contributed by atoms with Gasteiger partial charge in [-0.3, -0.25) is 4.79 Å². The number of ether oxygens (including phenoxy) is 1. The Bertz CT molecular complexity index is 450. The van der Waals surface area contributed by atoms with Gasteiger partial charge < -0.3 is 15.4 Å². The van der Waals surface area contributed by atoms with Gasteiger partial charge in [0.05, 0.1) is 18.1 Å². The number of carbonyl (C=O) groups excluding carboxylic acids is 2. The predicted molar refractivity (Wildman–Crippen MR) is 73.1 cm³/mol. The van der Waals surface area contributed by atoms with Crippen molar-refractivity contribution in [2.45, 2.75) is 12.4 Å². The van der Waals surface area contributed by atoms with Crippen LogP contribution in [0.15, 0.2) is 18.0 Å². The van der Waals surface area contributed by atoms with Crippen molar-refractivity contribution in [3.8, 4) is 0 Å². The zero-order valence-electron chi connectivity index (χ0n) is 10.1. The SMILES string of the molecule is C=CCOC(=O)NCC(=O)NCc1nc(CCl)cs1. The highest BCUT2D eigenvalue weighted by Gasteiger charge is 2.07. The van der Waals surface area contributed by atoms with Crippen molar-refractivity contribution in [2.24, 2.45) is 0 Å². The zero-order chi connectivity index (χ0) is 14.1. The molecular formula is C11H14ClN3O3S. The lowest BCUT2D eigenvalue weighted by Gasteiger charge is -2.05. The average molecular weight is 304 g/mol. The number of nitrogens with zero attached hydrogens (tertiary/aromatic N) is 1. The largest absolute Gasteiger partial charge is 0.445 e. The minimum absolute atomic E-state index is 0.105. The Morgan fingerprint density at radius 2 is 2.32 bits per heavy atom. The molecule has 1 aromatic rings. The van der Waals surface area contributed by atoms with Crippen molar-refractivity contribution < 1.29 is 14.3 Å². The zero-order valence-corrected chi connectivity index (χ0v) is 11.7. The molecular weight excluding hydrogens is 290 g/mol. The van der Waals surface area contributed by atoms with Crippen LogP contribution in [0, 0.1) is 0 Å². The third kappa shape index (κ3) is 6.21. The van der Waals surface area contributed by atoms with Gasteiger partial charge in [0.25, 0.3) is 0 Å². The maximum atomic E-state index is 11.4. The van der Waals surface area contributed by atoms with Crippen LogP contribution in [0.3, 0.4) is 0 Å². The molecule has 19 heavy (non-hydrogen) atoms. The van der Waals surface area contributed by atoms with Crippen molar-refractivity contribution in [1.29, 1.82) is 0 Å². The van der Waals surface area contributed by atoms with E-state index >= 15 is 0 Å². The first-order chi connectivity index (χ1) is 9.15. The second-order valence-electron chi connectivity index (χ2n) is 3.38. The van der Waals surface area contributed by atoms with E-state index in [0.29, 0.717) is 12.4 Å². The summed E-state index contributed by atoms with van der Waals surface area (Å²) in [7, 11) is 0. The van der Waals surface area contributed by atoms with Gasteiger partial charge >= 0.3 is 6.09 Å². The standard InChI is InChI=1S/C11H14ClN3O3S/c1-2-3-18-11(17)14-5-9(16)13-6-10-15-8(4-12)7-19-10/h2,7H,1,3-6H2,(H,13,16)(H,14,17). The van der Waals surface area contributed by atoms with Crippen LogP contribution >= 0.6 is 22.9 Å². The van der Waals surface area contributed by atoms with Gasteiger partial charge in [0.15, 0.2) is 0 Å². The van der Waals surface area contributed by atoms with Crippen LogP contribution in [0.2, 0.25) is 0 Å². The smallest absolute Gasteiger partial charge is 0.407 e. The van der Waals surface area contributed by atoms with Crippen molar-refractivity contribution in [3.63, 3.8) is 0 Å². The topological polar surface area (TPSA) is 80.3 Å². The number of carbonyl (C=O) groups is 2. The van der Waals surface area contributed by atoms with E-state index in [4.69, 9.17) is 11.6 Å². The van der Waals surface area contributed by atoms with Crippen LogP contribution in [-0.2, 0) is 22.0 Å². The molecule has 0 aliphatic rings. The molecule has 0 radical (unpaired) electrons. The monoisotopic (exact) mass is 303 g/mol. The van der Waals surface area contributed by atoms with Gasteiger partial charge in [-0.15, -0.1) is 22.9 Å². The minimum atomic E-state index is -0.659. The fourth-order valence-corrected chi connectivity index (χ4v) is 2.03. The summed E-state index contributed by atoms with van der Waals surface area (Å²) in [6.07, 6.45) is 0.782. The molecule has 0 saturated carbocycles. The highest BCUT2D eigenvalue weighted by molar-refractivity contribution is 7.09. The van der Waals surface area contributed by atoms with Crippen molar-refractivity contribution in [2.75, 3.05) is 13.2 Å². The molecule has 1 rings (SSSR count). The third-order valence-electron chi connectivity index (χ3n) is 1.90. The Kier molecular flexibility index (Phi) is 6.91. The summed E-state index contributed by atoms with van der Waals surface area (Å²) in [5, 5.41) is 7.53. The molecule has 2 amide bonds. The van der Waals surface area contributed by atoms with Gasteiger partial charge in [-0.25, -0.2) is 9.78 Å². The van der Waals surface area contributed by atoms with Gasteiger partial charge in [0.1, 0.15) is 18.2 Å². The highest BCUT2D eigenvalue weighted by atomic mass is 35.5. The molecule has 104 valence electrons. The molecule has 0 unspecified atom stereocenters. The molecule has 2 N–H and O–H groups in total. The van der Waals surface area contributed by atoms with E-state index in [1.165, 1.54) is 17.4 Å². The summed E-state index contributed by atoms with van der Waals surface area (Å²) >= 11 is 7.04. The lowest BCUT2D eigenvalue weighted by atomic mass is 10.5. The van der Waals surface area contributed by atoms with Crippen molar-refractivity contribution in [3.05, 3.63) is 28.7 Å².